The minimum absolute atomic E-state index is 0.0826. The van der Waals surface area contributed by atoms with Crippen molar-refractivity contribution in [3.8, 4) is 11.5 Å². The van der Waals surface area contributed by atoms with Crippen LogP contribution in [0, 0.1) is 6.92 Å². The van der Waals surface area contributed by atoms with E-state index < -0.39 is 21.6 Å². The molecule has 10 nitrogen and oxygen atoms in total. The van der Waals surface area contributed by atoms with Crippen LogP contribution in [-0.4, -0.2) is 87.1 Å². The van der Waals surface area contributed by atoms with Gasteiger partial charge in [-0.15, -0.1) is 11.3 Å². The van der Waals surface area contributed by atoms with Gasteiger partial charge in [-0.2, -0.15) is 4.31 Å². The number of hydrogen-bond donors (Lipinski definition) is 0. The van der Waals surface area contributed by atoms with E-state index in [1.165, 1.54) is 21.2 Å². The molecule has 0 N–H and O–H groups in total. The molecule has 1 atom stereocenters. The van der Waals surface area contributed by atoms with Crippen molar-refractivity contribution in [2.24, 2.45) is 0 Å². The first-order valence-electron chi connectivity index (χ1n) is 14.2. The smallest absolute Gasteiger partial charge is 0.254 e. The minimum Gasteiger partial charge on any atom is -0.496 e. The molecule has 12 heteroatoms. The summed E-state index contributed by atoms with van der Waals surface area (Å²) in [5.41, 5.74) is 2.45. The van der Waals surface area contributed by atoms with Crippen LogP contribution >= 0.6 is 11.3 Å². The first-order chi connectivity index (χ1) is 20.6. The number of carbonyl (C=O) groups excluding carboxylic acids is 2. The van der Waals surface area contributed by atoms with Crippen LogP contribution < -0.4 is 9.47 Å². The number of Topliss-reactive ketones (excluding diaryl/α,β-unsaturated/α-hetero) is 1. The Hall–Kier alpha value is -3.32. The van der Waals surface area contributed by atoms with E-state index in [1.54, 1.807) is 43.7 Å². The first-order valence-corrected chi connectivity index (χ1v) is 16.7. The number of sulfonamides is 1. The van der Waals surface area contributed by atoms with Crippen molar-refractivity contribution in [2.45, 2.75) is 45.3 Å². The van der Waals surface area contributed by atoms with Gasteiger partial charge in [0.25, 0.3) is 5.91 Å². The highest BCUT2D eigenvalue weighted by molar-refractivity contribution is 7.89. The average molecular weight is 630 g/mol. The maximum Gasteiger partial charge on any atom is 0.254 e. The van der Waals surface area contributed by atoms with Gasteiger partial charge in [0.2, 0.25) is 10.0 Å². The lowest BCUT2D eigenvalue weighted by Crippen LogP contribution is -2.44. The van der Waals surface area contributed by atoms with Crippen LogP contribution in [-0.2, 0) is 27.7 Å². The summed E-state index contributed by atoms with van der Waals surface area (Å²) in [6.45, 7) is 3.08. The molecule has 1 saturated heterocycles. The highest BCUT2D eigenvalue weighted by atomic mass is 32.2. The Bertz CT molecular complexity index is 1480. The monoisotopic (exact) mass is 629 g/mol. The molecule has 4 rings (SSSR count). The van der Waals surface area contributed by atoms with E-state index in [2.05, 4.69) is 4.98 Å². The second kappa shape index (κ2) is 14.9. The van der Waals surface area contributed by atoms with E-state index in [1.807, 2.05) is 37.3 Å². The van der Waals surface area contributed by atoms with Crippen molar-refractivity contribution in [3.05, 3.63) is 75.2 Å². The Morgan fingerprint density at radius 3 is 2.44 bits per heavy atom. The second-order valence-corrected chi connectivity index (χ2v) is 13.4. The number of nitrogens with zero attached hydrogens (tertiary/aromatic N) is 3. The quantitative estimate of drug-likeness (QED) is 0.242. The molecule has 0 spiro atoms. The van der Waals surface area contributed by atoms with Gasteiger partial charge in [0.1, 0.15) is 28.0 Å². The van der Waals surface area contributed by atoms with Gasteiger partial charge in [0.15, 0.2) is 5.78 Å². The van der Waals surface area contributed by atoms with Crippen LogP contribution in [0.4, 0.5) is 0 Å². The Kier molecular flexibility index (Phi) is 11.3. The van der Waals surface area contributed by atoms with Gasteiger partial charge in [-0.3, -0.25) is 9.59 Å². The Morgan fingerprint density at radius 1 is 1.09 bits per heavy atom. The highest BCUT2D eigenvalue weighted by Crippen LogP contribution is 2.30. The number of aromatic nitrogens is 1. The van der Waals surface area contributed by atoms with Gasteiger partial charge in [0, 0.05) is 43.3 Å². The zero-order valence-corrected chi connectivity index (χ0v) is 26.7. The number of amides is 1. The largest absolute Gasteiger partial charge is 0.496 e. The highest BCUT2D eigenvalue weighted by Gasteiger charge is 2.31. The lowest BCUT2D eigenvalue weighted by molar-refractivity contribution is 0.0571. The molecule has 1 aromatic heterocycles. The molecule has 2 aromatic carbocycles. The molecule has 43 heavy (non-hydrogen) atoms. The van der Waals surface area contributed by atoms with Crippen molar-refractivity contribution < 1.29 is 32.2 Å². The third-order valence-electron chi connectivity index (χ3n) is 7.57. The van der Waals surface area contributed by atoms with Crippen LogP contribution in [0.5, 0.6) is 11.5 Å². The predicted octanol–water partition coefficient (Wildman–Crippen LogP) is 4.37. The normalized spacial score (nSPS) is 15.7. The summed E-state index contributed by atoms with van der Waals surface area (Å²) < 4.78 is 43.6. The topological polar surface area (TPSA) is 115 Å². The van der Waals surface area contributed by atoms with Crippen molar-refractivity contribution in [1.29, 1.82) is 0 Å². The number of benzene rings is 2. The molecule has 1 aliphatic rings. The van der Waals surface area contributed by atoms with Gasteiger partial charge in [-0.1, -0.05) is 30.3 Å². The van der Waals surface area contributed by atoms with Crippen LogP contribution in [0.15, 0.2) is 47.8 Å². The molecule has 1 unspecified atom stereocenters. The summed E-state index contributed by atoms with van der Waals surface area (Å²) in [6, 6.07) is 13.4. The molecule has 1 fully saturated rings. The second-order valence-electron chi connectivity index (χ2n) is 10.5. The molecule has 1 amide bonds. The lowest BCUT2D eigenvalue weighted by atomic mass is 10.1. The van der Waals surface area contributed by atoms with Gasteiger partial charge in [-0.25, -0.2) is 13.4 Å². The number of aryl methyl sites for hydroxylation is 1. The Balaban J connectivity index is 1.50. The molecule has 0 saturated carbocycles. The molecule has 3 aromatic rings. The van der Waals surface area contributed by atoms with E-state index in [0.717, 1.165) is 18.4 Å². The van der Waals surface area contributed by atoms with Crippen LogP contribution in [0.2, 0.25) is 0 Å². The fraction of sp³-hybridized carbons (Fsp3) is 0.452. The van der Waals surface area contributed by atoms with Gasteiger partial charge in [-0.05, 0) is 50.3 Å². The molecule has 2 heterocycles. The fourth-order valence-electron chi connectivity index (χ4n) is 5.12. The maximum absolute atomic E-state index is 13.8. The summed E-state index contributed by atoms with van der Waals surface area (Å²) in [5.74, 6) is -0.373. The third-order valence-corrected chi connectivity index (χ3v) is 10.1. The van der Waals surface area contributed by atoms with Crippen molar-refractivity contribution in [1.82, 2.24) is 14.2 Å². The summed E-state index contributed by atoms with van der Waals surface area (Å²) in [7, 11) is 0.837. The molecule has 0 bridgehead atoms. The number of hydrogen-bond acceptors (Lipinski definition) is 9. The maximum atomic E-state index is 13.8. The zero-order valence-electron chi connectivity index (χ0n) is 25.1. The van der Waals surface area contributed by atoms with E-state index >= 15 is 0 Å². The SMILES string of the molecule is COc1cc(C(=O)N(CCCc2ccccc2)Cc2nc(C(=O)CS(=O)(=O)N3CCCC(OC)C3)cs2)cc(OC)c1C. The van der Waals surface area contributed by atoms with E-state index in [-0.39, 0.29) is 30.8 Å². The number of methoxy groups -OCH3 is 3. The van der Waals surface area contributed by atoms with Gasteiger partial charge >= 0.3 is 0 Å². The molecule has 0 aliphatic carbocycles. The van der Waals surface area contributed by atoms with E-state index in [4.69, 9.17) is 14.2 Å². The first kappa shape index (κ1) is 32.6. The zero-order chi connectivity index (χ0) is 31.0. The standard InChI is InChI=1S/C31H39N3O7S2/c1-22-28(40-3)16-24(17-29(22)41-4)31(36)33(14-8-12-23-10-6-5-7-11-23)19-30-32-26(20-42-30)27(35)21-43(37,38)34-15-9-13-25(18-34)39-2/h5-7,10-11,16-17,20,25H,8-9,12-15,18-19,21H2,1-4H3. The van der Waals surface area contributed by atoms with E-state index in [0.29, 0.717) is 48.0 Å². The number of carbonyl (C=O) groups is 2. The predicted molar refractivity (Wildman–Crippen MR) is 166 cm³/mol. The van der Waals surface area contributed by atoms with Crippen LogP contribution in [0.3, 0.4) is 0 Å². The average Bonchev–Trinajstić information content (AvgIpc) is 3.49. The lowest BCUT2D eigenvalue weighted by Gasteiger charge is -2.30. The molecule has 0 radical (unpaired) electrons. The number of ketones is 1. The van der Waals surface area contributed by atoms with Crippen LogP contribution in [0.25, 0.3) is 0 Å². The van der Waals surface area contributed by atoms with Crippen molar-refractivity contribution >= 4 is 33.1 Å². The summed E-state index contributed by atoms with van der Waals surface area (Å²) in [5, 5.41) is 2.10. The number of piperidine rings is 1. The summed E-state index contributed by atoms with van der Waals surface area (Å²) >= 11 is 1.23. The third kappa shape index (κ3) is 8.41. The summed E-state index contributed by atoms with van der Waals surface area (Å²) in [6.07, 6.45) is 2.78. The number of thiazole rings is 1. The molecular weight excluding hydrogens is 590 g/mol. The summed E-state index contributed by atoms with van der Waals surface area (Å²) in [4.78, 5) is 33.0. The fourth-order valence-corrected chi connectivity index (χ4v) is 7.39. The van der Waals surface area contributed by atoms with Crippen molar-refractivity contribution in [3.63, 3.8) is 0 Å². The minimum atomic E-state index is -3.81. The Morgan fingerprint density at radius 2 is 1.79 bits per heavy atom. The molecule has 1 aliphatic heterocycles. The molecule has 232 valence electrons. The van der Waals surface area contributed by atoms with Gasteiger partial charge in [0.05, 0.1) is 26.9 Å². The van der Waals surface area contributed by atoms with E-state index in [9.17, 15) is 18.0 Å². The van der Waals surface area contributed by atoms with Crippen LogP contribution in [0.1, 0.15) is 56.2 Å². The Labute approximate surface area is 257 Å². The number of ether oxygens (including phenoxy) is 3. The van der Waals surface area contributed by atoms with Crippen molar-refractivity contribution in [2.75, 3.05) is 46.7 Å². The van der Waals surface area contributed by atoms with Gasteiger partial charge < -0.3 is 19.1 Å². The number of rotatable bonds is 14. The molecular formula is C31H39N3O7S2.